The van der Waals surface area contributed by atoms with E-state index in [0.717, 1.165) is 24.7 Å². The van der Waals surface area contributed by atoms with Gasteiger partial charge in [-0.05, 0) is 0 Å². The molecular weight excluding hydrogens is 244 g/mol. The third kappa shape index (κ3) is 3.33. The van der Waals surface area contributed by atoms with E-state index in [2.05, 4.69) is 15.3 Å². The number of nitrogens with two attached hydrogens (primary N) is 1. The van der Waals surface area contributed by atoms with Gasteiger partial charge in [0.2, 0.25) is 0 Å². The predicted molar refractivity (Wildman–Crippen MR) is 74.2 cm³/mol. The SMILES string of the molecule is COC1(CNc2cc(N)nc(C(C)C)n2)CCOC1. The monoisotopic (exact) mass is 266 g/mol. The van der Waals surface area contributed by atoms with Crippen LogP contribution in [0, 0.1) is 0 Å². The first-order chi connectivity index (χ1) is 9.04. The van der Waals surface area contributed by atoms with Gasteiger partial charge in [-0.25, -0.2) is 9.97 Å². The summed E-state index contributed by atoms with van der Waals surface area (Å²) in [4.78, 5) is 8.68. The van der Waals surface area contributed by atoms with Gasteiger partial charge in [-0.1, -0.05) is 13.8 Å². The second kappa shape index (κ2) is 5.71. The Morgan fingerprint density at radius 1 is 1.53 bits per heavy atom. The molecule has 106 valence electrons. The molecule has 6 heteroatoms. The third-order valence-electron chi connectivity index (χ3n) is 3.37. The van der Waals surface area contributed by atoms with Crippen molar-refractivity contribution in [2.75, 3.05) is 37.9 Å². The molecule has 0 radical (unpaired) electrons. The van der Waals surface area contributed by atoms with Crippen LogP contribution in [0.4, 0.5) is 11.6 Å². The van der Waals surface area contributed by atoms with Crippen molar-refractivity contribution < 1.29 is 9.47 Å². The van der Waals surface area contributed by atoms with Crippen molar-refractivity contribution in [1.82, 2.24) is 9.97 Å². The van der Waals surface area contributed by atoms with Crippen molar-refractivity contribution in [3.63, 3.8) is 0 Å². The molecule has 1 atom stereocenters. The number of hydrogen-bond acceptors (Lipinski definition) is 6. The summed E-state index contributed by atoms with van der Waals surface area (Å²) in [6, 6.07) is 1.74. The smallest absolute Gasteiger partial charge is 0.135 e. The molecule has 3 N–H and O–H groups in total. The number of ether oxygens (including phenoxy) is 2. The maximum Gasteiger partial charge on any atom is 0.135 e. The minimum Gasteiger partial charge on any atom is -0.384 e. The molecule has 0 aromatic carbocycles. The van der Waals surface area contributed by atoms with E-state index in [0.29, 0.717) is 19.0 Å². The number of nitrogens with one attached hydrogen (secondary N) is 1. The molecule has 0 aliphatic carbocycles. The van der Waals surface area contributed by atoms with Crippen molar-refractivity contribution >= 4 is 11.6 Å². The molecule has 1 unspecified atom stereocenters. The van der Waals surface area contributed by atoms with Gasteiger partial charge in [0.25, 0.3) is 0 Å². The Bertz CT molecular complexity index is 431. The van der Waals surface area contributed by atoms with Gasteiger partial charge in [0.15, 0.2) is 0 Å². The van der Waals surface area contributed by atoms with E-state index in [4.69, 9.17) is 15.2 Å². The highest BCUT2D eigenvalue weighted by molar-refractivity contribution is 5.45. The average Bonchev–Trinajstić information content (AvgIpc) is 2.85. The summed E-state index contributed by atoms with van der Waals surface area (Å²) < 4.78 is 11.0. The molecular formula is C13H22N4O2. The Balaban J connectivity index is 2.06. The maximum atomic E-state index is 5.80. The number of aromatic nitrogens is 2. The van der Waals surface area contributed by atoms with E-state index in [1.54, 1.807) is 13.2 Å². The van der Waals surface area contributed by atoms with E-state index < -0.39 is 0 Å². The van der Waals surface area contributed by atoms with Gasteiger partial charge in [-0.15, -0.1) is 0 Å². The quantitative estimate of drug-likeness (QED) is 0.838. The summed E-state index contributed by atoms with van der Waals surface area (Å²) in [6.07, 6.45) is 0.883. The molecule has 2 heterocycles. The van der Waals surface area contributed by atoms with Gasteiger partial charge in [-0.3, -0.25) is 0 Å². The maximum absolute atomic E-state index is 5.80. The van der Waals surface area contributed by atoms with Gasteiger partial charge in [-0.2, -0.15) is 0 Å². The van der Waals surface area contributed by atoms with Crippen molar-refractivity contribution in [1.29, 1.82) is 0 Å². The predicted octanol–water partition coefficient (Wildman–Crippen LogP) is 1.40. The van der Waals surface area contributed by atoms with Crippen molar-refractivity contribution in [2.24, 2.45) is 0 Å². The fraction of sp³-hybridized carbons (Fsp3) is 0.692. The summed E-state index contributed by atoms with van der Waals surface area (Å²) in [6.45, 7) is 6.07. The molecule has 1 aromatic heterocycles. The number of rotatable bonds is 5. The van der Waals surface area contributed by atoms with Gasteiger partial charge in [0.05, 0.1) is 6.61 Å². The number of hydrogen-bond donors (Lipinski definition) is 2. The molecule has 0 saturated carbocycles. The highest BCUT2D eigenvalue weighted by atomic mass is 16.5. The van der Waals surface area contributed by atoms with Crippen LogP contribution in [0.25, 0.3) is 0 Å². The van der Waals surface area contributed by atoms with Crippen molar-refractivity contribution in [3.8, 4) is 0 Å². The summed E-state index contributed by atoms with van der Waals surface area (Å²) in [5.41, 5.74) is 5.53. The molecule has 1 aliphatic heterocycles. The first kappa shape index (κ1) is 14.0. The first-order valence-electron chi connectivity index (χ1n) is 6.56. The van der Waals surface area contributed by atoms with Gasteiger partial charge in [0.1, 0.15) is 23.1 Å². The lowest BCUT2D eigenvalue weighted by atomic mass is 10.0. The van der Waals surface area contributed by atoms with Crippen LogP contribution in [0.5, 0.6) is 0 Å². The highest BCUT2D eigenvalue weighted by Crippen LogP contribution is 2.23. The van der Waals surface area contributed by atoms with Crippen LogP contribution in [0.3, 0.4) is 0 Å². The molecule has 1 saturated heterocycles. The van der Waals surface area contributed by atoms with Crippen LogP contribution >= 0.6 is 0 Å². The molecule has 2 rings (SSSR count). The standard InChI is InChI=1S/C13H22N4O2/c1-9(2)12-16-10(14)6-11(17-12)15-7-13(18-3)4-5-19-8-13/h6,9H,4-5,7-8H2,1-3H3,(H3,14,15,16,17). The number of methoxy groups -OCH3 is 1. The molecule has 1 fully saturated rings. The summed E-state index contributed by atoms with van der Waals surface area (Å²) in [5.74, 6) is 2.21. The minimum atomic E-state index is -0.266. The lowest BCUT2D eigenvalue weighted by molar-refractivity contribution is -0.00625. The zero-order valence-electron chi connectivity index (χ0n) is 11.8. The fourth-order valence-electron chi connectivity index (χ4n) is 2.05. The Hall–Kier alpha value is -1.40. The highest BCUT2D eigenvalue weighted by Gasteiger charge is 2.34. The van der Waals surface area contributed by atoms with Crippen LogP contribution in [-0.2, 0) is 9.47 Å². The molecule has 1 aliphatic rings. The Labute approximate surface area is 113 Å². The van der Waals surface area contributed by atoms with E-state index in [9.17, 15) is 0 Å². The van der Waals surface area contributed by atoms with E-state index in [1.807, 2.05) is 13.8 Å². The van der Waals surface area contributed by atoms with Crippen LogP contribution in [0.1, 0.15) is 32.0 Å². The lowest BCUT2D eigenvalue weighted by Gasteiger charge is -2.26. The largest absolute Gasteiger partial charge is 0.384 e. The Morgan fingerprint density at radius 2 is 2.32 bits per heavy atom. The number of nitrogens with zero attached hydrogens (tertiary/aromatic N) is 2. The Morgan fingerprint density at radius 3 is 2.89 bits per heavy atom. The Kier molecular flexibility index (Phi) is 4.21. The van der Waals surface area contributed by atoms with E-state index in [-0.39, 0.29) is 11.5 Å². The summed E-state index contributed by atoms with van der Waals surface area (Å²) in [7, 11) is 1.71. The zero-order valence-corrected chi connectivity index (χ0v) is 11.8. The minimum absolute atomic E-state index is 0.246. The molecule has 6 nitrogen and oxygen atoms in total. The van der Waals surface area contributed by atoms with Gasteiger partial charge < -0.3 is 20.5 Å². The number of nitrogen functional groups attached to an aromatic ring is 1. The fourth-order valence-corrected chi connectivity index (χ4v) is 2.05. The second-order valence-electron chi connectivity index (χ2n) is 5.23. The molecule has 0 amide bonds. The van der Waals surface area contributed by atoms with Crippen LogP contribution in [-0.4, -0.2) is 42.4 Å². The average molecular weight is 266 g/mol. The first-order valence-corrected chi connectivity index (χ1v) is 6.56. The zero-order chi connectivity index (χ0) is 13.9. The van der Waals surface area contributed by atoms with Gasteiger partial charge in [0, 0.05) is 38.7 Å². The van der Waals surface area contributed by atoms with E-state index >= 15 is 0 Å². The summed E-state index contributed by atoms with van der Waals surface area (Å²) >= 11 is 0. The van der Waals surface area contributed by atoms with Gasteiger partial charge >= 0.3 is 0 Å². The third-order valence-corrected chi connectivity index (χ3v) is 3.37. The summed E-state index contributed by atoms with van der Waals surface area (Å²) in [5, 5.41) is 3.28. The molecule has 0 bridgehead atoms. The molecule has 19 heavy (non-hydrogen) atoms. The molecule has 1 aromatic rings. The van der Waals surface area contributed by atoms with Crippen molar-refractivity contribution in [3.05, 3.63) is 11.9 Å². The van der Waals surface area contributed by atoms with Crippen molar-refractivity contribution in [2.45, 2.75) is 31.8 Å². The lowest BCUT2D eigenvalue weighted by Crippen LogP contribution is -2.39. The number of anilines is 2. The topological polar surface area (TPSA) is 82.3 Å². The van der Waals surface area contributed by atoms with Crippen LogP contribution in [0.15, 0.2) is 6.07 Å². The van der Waals surface area contributed by atoms with Crippen LogP contribution < -0.4 is 11.1 Å². The van der Waals surface area contributed by atoms with E-state index in [1.165, 1.54) is 0 Å². The second-order valence-corrected chi connectivity index (χ2v) is 5.23. The normalized spacial score (nSPS) is 22.9. The van der Waals surface area contributed by atoms with Crippen LogP contribution in [0.2, 0.25) is 0 Å². The molecule has 0 spiro atoms.